The van der Waals surface area contributed by atoms with Crippen molar-refractivity contribution in [1.29, 1.82) is 5.26 Å². The molecule has 6 heteroatoms. The van der Waals surface area contributed by atoms with Crippen LogP contribution in [0.25, 0.3) is 22.0 Å². The average molecular weight is 401 g/mol. The van der Waals surface area contributed by atoms with Gasteiger partial charge in [0, 0.05) is 28.4 Å². The molecule has 0 aliphatic rings. The van der Waals surface area contributed by atoms with E-state index in [4.69, 9.17) is 0 Å². The highest BCUT2D eigenvalue weighted by atomic mass is 19.3. The summed E-state index contributed by atoms with van der Waals surface area (Å²) < 4.78 is 25.4. The van der Waals surface area contributed by atoms with Crippen molar-refractivity contribution in [3.05, 3.63) is 89.1 Å². The third-order valence-electron chi connectivity index (χ3n) is 5.14. The van der Waals surface area contributed by atoms with Gasteiger partial charge in [-0.15, -0.1) is 0 Å². The van der Waals surface area contributed by atoms with E-state index in [0.29, 0.717) is 16.8 Å². The van der Waals surface area contributed by atoms with Crippen molar-refractivity contribution < 1.29 is 13.6 Å². The summed E-state index contributed by atoms with van der Waals surface area (Å²) in [5.74, 6) is -0.373. The number of rotatable bonds is 4. The maximum atomic E-state index is 12.7. The predicted molar refractivity (Wildman–Crippen MR) is 113 cm³/mol. The summed E-state index contributed by atoms with van der Waals surface area (Å²) in [5.41, 5.74) is 4.87. The second kappa shape index (κ2) is 7.80. The van der Waals surface area contributed by atoms with Crippen molar-refractivity contribution in [1.82, 2.24) is 4.98 Å². The molecule has 0 saturated carbocycles. The zero-order chi connectivity index (χ0) is 21.3. The number of nitrogens with one attached hydrogen (secondary N) is 2. The summed E-state index contributed by atoms with van der Waals surface area (Å²) >= 11 is 0. The third kappa shape index (κ3) is 3.42. The van der Waals surface area contributed by atoms with E-state index < -0.39 is 6.43 Å². The molecule has 1 aromatic heterocycles. The van der Waals surface area contributed by atoms with Gasteiger partial charge in [0.25, 0.3) is 12.3 Å². The molecule has 0 aliphatic heterocycles. The van der Waals surface area contributed by atoms with Gasteiger partial charge in [0.05, 0.1) is 11.1 Å². The number of carbonyl (C=O) groups excluding carboxylic acids is 1. The highest BCUT2D eigenvalue weighted by Gasteiger charge is 2.15. The van der Waals surface area contributed by atoms with Crippen LogP contribution in [0.15, 0.2) is 66.9 Å². The molecule has 0 bridgehead atoms. The van der Waals surface area contributed by atoms with Gasteiger partial charge in [-0.25, -0.2) is 8.78 Å². The van der Waals surface area contributed by atoms with Crippen LogP contribution in [0.4, 0.5) is 14.5 Å². The molecule has 148 valence electrons. The molecule has 30 heavy (non-hydrogen) atoms. The topological polar surface area (TPSA) is 68.7 Å². The lowest BCUT2D eigenvalue weighted by atomic mass is 9.95. The van der Waals surface area contributed by atoms with Gasteiger partial charge in [0.2, 0.25) is 0 Å². The number of nitrogens with zero attached hydrogens (tertiary/aromatic N) is 1. The number of benzene rings is 3. The van der Waals surface area contributed by atoms with E-state index in [1.807, 2.05) is 31.2 Å². The number of halogens is 2. The lowest BCUT2D eigenvalue weighted by molar-refractivity contribution is 0.102. The first-order valence-corrected chi connectivity index (χ1v) is 9.29. The molecule has 0 atom stereocenters. The van der Waals surface area contributed by atoms with Crippen molar-refractivity contribution in [2.45, 2.75) is 13.3 Å². The van der Waals surface area contributed by atoms with Crippen LogP contribution >= 0.6 is 0 Å². The maximum Gasteiger partial charge on any atom is 0.263 e. The highest BCUT2D eigenvalue weighted by molar-refractivity contribution is 6.06. The fourth-order valence-corrected chi connectivity index (χ4v) is 3.52. The summed E-state index contributed by atoms with van der Waals surface area (Å²) in [7, 11) is 0. The molecule has 1 heterocycles. The van der Waals surface area contributed by atoms with Gasteiger partial charge in [-0.3, -0.25) is 4.79 Å². The van der Waals surface area contributed by atoms with Crippen LogP contribution in [0.1, 0.15) is 33.5 Å². The van der Waals surface area contributed by atoms with E-state index in [2.05, 4.69) is 16.4 Å². The Morgan fingerprint density at radius 2 is 1.80 bits per heavy atom. The number of aromatic amines is 1. The van der Waals surface area contributed by atoms with E-state index in [0.717, 1.165) is 27.6 Å². The Bertz CT molecular complexity index is 1280. The minimum atomic E-state index is -2.57. The number of amides is 1. The van der Waals surface area contributed by atoms with Crippen LogP contribution in [-0.4, -0.2) is 10.9 Å². The summed E-state index contributed by atoms with van der Waals surface area (Å²) in [6.07, 6.45) is -0.780. The zero-order valence-corrected chi connectivity index (χ0v) is 16.0. The van der Waals surface area contributed by atoms with E-state index in [1.54, 1.807) is 18.3 Å². The molecule has 2 N–H and O–H groups in total. The Kier molecular flexibility index (Phi) is 5.03. The van der Waals surface area contributed by atoms with E-state index in [9.17, 15) is 18.8 Å². The lowest BCUT2D eigenvalue weighted by Gasteiger charge is -2.14. The second-order valence-corrected chi connectivity index (χ2v) is 6.89. The Hall–Kier alpha value is -3.98. The van der Waals surface area contributed by atoms with Crippen molar-refractivity contribution in [3.63, 3.8) is 0 Å². The molecule has 1 amide bonds. The minimum Gasteiger partial charge on any atom is -0.360 e. The largest absolute Gasteiger partial charge is 0.360 e. The Balaban J connectivity index is 1.68. The van der Waals surface area contributed by atoms with Gasteiger partial charge in [-0.1, -0.05) is 30.3 Å². The number of H-pyrrole nitrogens is 1. The summed E-state index contributed by atoms with van der Waals surface area (Å²) in [4.78, 5) is 15.7. The van der Waals surface area contributed by atoms with Crippen LogP contribution in [0.3, 0.4) is 0 Å². The van der Waals surface area contributed by atoms with Gasteiger partial charge in [-0.05, 0) is 53.9 Å². The number of carbonyl (C=O) groups is 1. The monoisotopic (exact) mass is 401 g/mol. The Labute approximate surface area is 171 Å². The summed E-state index contributed by atoms with van der Waals surface area (Å²) in [6.45, 7) is 1.90. The maximum absolute atomic E-state index is 12.7. The van der Waals surface area contributed by atoms with Crippen LogP contribution in [0.5, 0.6) is 0 Å². The first kappa shape index (κ1) is 19.3. The van der Waals surface area contributed by atoms with Gasteiger partial charge >= 0.3 is 0 Å². The minimum absolute atomic E-state index is 0.124. The molecule has 0 radical (unpaired) electrons. The first-order valence-electron chi connectivity index (χ1n) is 9.29. The number of anilines is 1. The normalized spacial score (nSPS) is 10.9. The van der Waals surface area contributed by atoms with Gasteiger partial charge < -0.3 is 10.3 Å². The summed E-state index contributed by atoms with van der Waals surface area (Å²) in [5, 5.41) is 13.1. The van der Waals surface area contributed by atoms with Crippen LogP contribution < -0.4 is 5.32 Å². The molecule has 0 fully saturated rings. The molecule has 3 aromatic carbocycles. The van der Waals surface area contributed by atoms with Crippen LogP contribution in [-0.2, 0) is 0 Å². The van der Waals surface area contributed by atoms with Crippen LogP contribution in [0, 0.1) is 18.3 Å². The summed E-state index contributed by atoms with van der Waals surface area (Å²) in [6, 6.07) is 18.6. The highest BCUT2D eigenvalue weighted by Crippen LogP contribution is 2.34. The van der Waals surface area contributed by atoms with Crippen molar-refractivity contribution >= 4 is 22.5 Å². The number of alkyl halides is 2. The Morgan fingerprint density at radius 1 is 1.03 bits per heavy atom. The van der Waals surface area contributed by atoms with Gasteiger partial charge in [0.1, 0.15) is 6.07 Å². The number of fused-ring (bicyclic) bond motifs is 1. The van der Waals surface area contributed by atoms with E-state index in [1.165, 1.54) is 24.3 Å². The molecule has 0 saturated heterocycles. The molecule has 4 nitrogen and oxygen atoms in total. The number of hydrogen-bond donors (Lipinski definition) is 2. The standard InChI is InChI=1S/C24H17F2N3O/c1-14-18(19-10-9-17(13-27)22-20(19)11-12-28-22)3-2-4-21(14)29-24(30)16-7-5-15(6-8-16)23(25)26/h2-12,23,28H,1H3,(H,29,30). The third-order valence-corrected chi connectivity index (χ3v) is 5.14. The van der Waals surface area contributed by atoms with Crippen molar-refractivity contribution in [2.24, 2.45) is 0 Å². The molecule has 0 spiro atoms. The SMILES string of the molecule is Cc1c(NC(=O)c2ccc(C(F)F)cc2)cccc1-c1ccc(C#N)c2[nH]ccc12. The molecule has 4 aromatic rings. The zero-order valence-electron chi connectivity index (χ0n) is 16.0. The lowest BCUT2D eigenvalue weighted by Crippen LogP contribution is -2.13. The van der Waals surface area contributed by atoms with Crippen LogP contribution in [0.2, 0.25) is 0 Å². The predicted octanol–water partition coefficient (Wildman–Crippen LogP) is 6.20. The number of nitriles is 1. The van der Waals surface area contributed by atoms with Crippen molar-refractivity contribution in [2.75, 3.05) is 5.32 Å². The quantitative estimate of drug-likeness (QED) is 0.427. The molecule has 0 unspecified atom stereocenters. The first-order chi connectivity index (χ1) is 14.5. The number of aromatic nitrogens is 1. The van der Waals surface area contributed by atoms with Crippen molar-refractivity contribution in [3.8, 4) is 17.2 Å². The average Bonchev–Trinajstić information content (AvgIpc) is 3.25. The van der Waals surface area contributed by atoms with E-state index in [-0.39, 0.29) is 11.5 Å². The van der Waals surface area contributed by atoms with E-state index >= 15 is 0 Å². The Morgan fingerprint density at radius 3 is 2.50 bits per heavy atom. The fourth-order valence-electron chi connectivity index (χ4n) is 3.52. The molecular weight excluding hydrogens is 384 g/mol. The van der Waals surface area contributed by atoms with Gasteiger partial charge in [0.15, 0.2) is 0 Å². The smallest absolute Gasteiger partial charge is 0.263 e. The fraction of sp³-hybridized carbons (Fsp3) is 0.0833. The molecule has 4 rings (SSSR count). The second-order valence-electron chi connectivity index (χ2n) is 6.89. The number of hydrogen-bond acceptors (Lipinski definition) is 2. The van der Waals surface area contributed by atoms with Gasteiger partial charge in [-0.2, -0.15) is 5.26 Å². The molecule has 0 aliphatic carbocycles. The molecular formula is C24H17F2N3O.